The van der Waals surface area contributed by atoms with Gasteiger partial charge in [-0.25, -0.2) is 18.4 Å². The van der Waals surface area contributed by atoms with Crippen LogP contribution in [-0.2, 0) is 14.6 Å². The van der Waals surface area contributed by atoms with Crippen molar-refractivity contribution in [3.8, 4) is 0 Å². The minimum absolute atomic E-state index is 0.0418. The zero-order valence-electron chi connectivity index (χ0n) is 15.4. The highest BCUT2D eigenvalue weighted by molar-refractivity contribution is 7.91. The molecule has 0 N–H and O–H groups in total. The maximum atomic E-state index is 13.0. The van der Waals surface area contributed by atoms with Crippen LogP contribution in [0.25, 0.3) is 10.9 Å². The summed E-state index contributed by atoms with van der Waals surface area (Å²) in [6.45, 7) is 1.45. The maximum Gasteiger partial charge on any atom is 0.227 e. The van der Waals surface area contributed by atoms with Gasteiger partial charge in [0.25, 0.3) is 0 Å². The number of sulfone groups is 1. The van der Waals surface area contributed by atoms with Crippen LogP contribution >= 0.6 is 0 Å². The van der Waals surface area contributed by atoms with E-state index in [1.807, 2.05) is 24.3 Å². The molecule has 2 unspecified atom stereocenters. The minimum Gasteiger partial charge on any atom is -0.355 e. The topological polar surface area (TPSA) is 83.5 Å². The number of benzene rings is 1. The van der Waals surface area contributed by atoms with Gasteiger partial charge in [0, 0.05) is 31.6 Å². The molecular formula is C19H24N4O3S. The number of para-hydroxylation sites is 1. The first kappa shape index (κ1) is 18.2. The molecule has 0 spiro atoms. The standard InChI is InChI=1S/C19H24N4O3S/c1-22(15-8-10-27(25,26)12-15)19(24)14-5-4-9-23(11-14)18-16-6-2-3-7-17(16)20-13-21-18/h2-3,6-7,13-15H,4-5,8-12H2,1H3. The number of carbonyl (C=O) groups is 1. The van der Waals surface area contributed by atoms with E-state index < -0.39 is 9.84 Å². The number of hydrogen-bond acceptors (Lipinski definition) is 6. The summed E-state index contributed by atoms with van der Waals surface area (Å²) in [5, 5.41) is 0.989. The molecule has 0 bridgehead atoms. The lowest BCUT2D eigenvalue weighted by Gasteiger charge is -2.36. The average Bonchev–Trinajstić information content (AvgIpc) is 3.06. The van der Waals surface area contributed by atoms with Crippen molar-refractivity contribution in [3.63, 3.8) is 0 Å². The monoisotopic (exact) mass is 388 g/mol. The number of hydrogen-bond donors (Lipinski definition) is 0. The molecular weight excluding hydrogens is 364 g/mol. The molecule has 2 aliphatic heterocycles. The van der Waals surface area contributed by atoms with Gasteiger partial charge in [0.1, 0.15) is 12.1 Å². The van der Waals surface area contributed by atoms with E-state index in [2.05, 4.69) is 14.9 Å². The van der Waals surface area contributed by atoms with Crippen molar-refractivity contribution in [2.45, 2.75) is 25.3 Å². The third kappa shape index (κ3) is 3.63. The molecule has 144 valence electrons. The van der Waals surface area contributed by atoms with Crippen LogP contribution in [0, 0.1) is 5.92 Å². The summed E-state index contributed by atoms with van der Waals surface area (Å²) in [4.78, 5) is 25.6. The number of anilines is 1. The Morgan fingerprint density at radius 3 is 2.81 bits per heavy atom. The number of nitrogens with zero attached hydrogens (tertiary/aromatic N) is 4. The molecule has 2 fully saturated rings. The lowest BCUT2D eigenvalue weighted by atomic mass is 9.95. The van der Waals surface area contributed by atoms with Gasteiger partial charge in [-0.3, -0.25) is 4.79 Å². The van der Waals surface area contributed by atoms with E-state index in [0.29, 0.717) is 13.0 Å². The third-order valence-electron chi connectivity index (χ3n) is 5.70. The van der Waals surface area contributed by atoms with E-state index in [4.69, 9.17) is 0 Å². The normalized spacial score (nSPS) is 24.9. The Labute approximate surface area is 159 Å². The van der Waals surface area contributed by atoms with Crippen LogP contribution in [-0.4, -0.2) is 66.9 Å². The molecule has 0 saturated carbocycles. The molecule has 3 heterocycles. The summed E-state index contributed by atoms with van der Waals surface area (Å²) in [5.74, 6) is 1.03. The number of amides is 1. The van der Waals surface area contributed by atoms with E-state index in [1.54, 1.807) is 18.3 Å². The fourth-order valence-corrected chi connectivity index (χ4v) is 5.94. The van der Waals surface area contributed by atoms with Crippen molar-refractivity contribution in [1.82, 2.24) is 14.9 Å². The molecule has 1 aromatic heterocycles. The van der Waals surface area contributed by atoms with Gasteiger partial charge in [0.15, 0.2) is 9.84 Å². The second kappa shape index (κ2) is 7.07. The maximum absolute atomic E-state index is 13.0. The lowest BCUT2D eigenvalue weighted by molar-refractivity contribution is -0.136. The highest BCUT2D eigenvalue weighted by atomic mass is 32.2. The minimum atomic E-state index is -3.00. The van der Waals surface area contributed by atoms with E-state index in [-0.39, 0.29) is 29.4 Å². The third-order valence-corrected chi connectivity index (χ3v) is 7.45. The molecule has 0 aliphatic carbocycles. The van der Waals surface area contributed by atoms with Crippen LogP contribution < -0.4 is 4.90 Å². The highest BCUT2D eigenvalue weighted by Crippen LogP contribution is 2.29. The molecule has 2 saturated heterocycles. The average molecular weight is 388 g/mol. The lowest BCUT2D eigenvalue weighted by Crippen LogP contribution is -2.47. The number of rotatable bonds is 3. The van der Waals surface area contributed by atoms with Gasteiger partial charge in [-0.05, 0) is 31.4 Å². The summed E-state index contributed by atoms with van der Waals surface area (Å²) in [5.41, 5.74) is 0.893. The first-order valence-electron chi connectivity index (χ1n) is 9.36. The van der Waals surface area contributed by atoms with Crippen LogP contribution in [0.4, 0.5) is 5.82 Å². The van der Waals surface area contributed by atoms with E-state index in [9.17, 15) is 13.2 Å². The van der Waals surface area contributed by atoms with Crippen LogP contribution in [0.2, 0.25) is 0 Å². The van der Waals surface area contributed by atoms with Gasteiger partial charge in [-0.1, -0.05) is 12.1 Å². The Balaban J connectivity index is 1.52. The second-order valence-corrected chi connectivity index (χ2v) is 9.73. The molecule has 0 radical (unpaired) electrons. The Hall–Kier alpha value is -2.22. The van der Waals surface area contributed by atoms with Crippen molar-refractivity contribution in [2.75, 3.05) is 36.5 Å². The molecule has 2 atom stereocenters. The zero-order chi connectivity index (χ0) is 19.0. The van der Waals surface area contributed by atoms with Crippen molar-refractivity contribution in [2.24, 2.45) is 5.92 Å². The van der Waals surface area contributed by atoms with Gasteiger partial charge in [-0.15, -0.1) is 0 Å². The molecule has 1 aromatic carbocycles. The smallest absolute Gasteiger partial charge is 0.227 e. The van der Waals surface area contributed by atoms with Gasteiger partial charge in [-0.2, -0.15) is 0 Å². The molecule has 7 nitrogen and oxygen atoms in total. The summed E-state index contributed by atoms with van der Waals surface area (Å²) >= 11 is 0. The fraction of sp³-hybridized carbons (Fsp3) is 0.526. The Morgan fingerprint density at radius 1 is 1.22 bits per heavy atom. The second-order valence-electron chi connectivity index (χ2n) is 7.51. The number of piperidine rings is 1. The van der Waals surface area contributed by atoms with Crippen molar-refractivity contribution in [1.29, 1.82) is 0 Å². The fourth-order valence-electron chi connectivity index (χ4n) is 4.16. The summed E-state index contributed by atoms with van der Waals surface area (Å²) in [6, 6.07) is 7.69. The largest absolute Gasteiger partial charge is 0.355 e. The first-order chi connectivity index (χ1) is 12.9. The van der Waals surface area contributed by atoms with Crippen LogP contribution in [0.5, 0.6) is 0 Å². The van der Waals surface area contributed by atoms with Gasteiger partial charge in [0.2, 0.25) is 5.91 Å². The first-order valence-corrected chi connectivity index (χ1v) is 11.2. The molecule has 2 aromatic rings. The van der Waals surface area contributed by atoms with E-state index in [1.165, 1.54) is 0 Å². The quantitative estimate of drug-likeness (QED) is 0.792. The van der Waals surface area contributed by atoms with E-state index in [0.717, 1.165) is 36.1 Å². The molecule has 8 heteroatoms. The Kier molecular flexibility index (Phi) is 4.75. The number of fused-ring (bicyclic) bond motifs is 1. The van der Waals surface area contributed by atoms with Crippen molar-refractivity contribution in [3.05, 3.63) is 30.6 Å². The van der Waals surface area contributed by atoms with Gasteiger partial charge < -0.3 is 9.80 Å². The van der Waals surface area contributed by atoms with Crippen molar-refractivity contribution >= 4 is 32.5 Å². The van der Waals surface area contributed by atoms with Gasteiger partial charge >= 0.3 is 0 Å². The van der Waals surface area contributed by atoms with Gasteiger partial charge in [0.05, 0.1) is 22.9 Å². The van der Waals surface area contributed by atoms with Crippen LogP contribution in [0.15, 0.2) is 30.6 Å². The Morgan fingerprint density at radius 2 is 2.04 bits per heavy atom. The predicted octanol–water partition coefficient (Wildman–Crippen LogP) is 1.49. The highest BCUT2D eigenvalue weighted by Gasteiger charge is 2.36. The zero-order valence-corrected chi connectivity index (χ0v) is 16.2. The molecule has 27 heavy (non-hydrogen) atoms. The summed E-state index contributed by atoms with van der Waals surface area (Å²) < 4.78 is 23.5. The van der Waals surface area contributed by atoms with E-state index >= 15 is 0 Å². The number of carbonyl (C=O) groups excluding carboxylic acids is 1. The SMILES string of the molecule is CN(C(=O)C1CCCN(c2ncnc3ccccc23)C1)C1CCS(=O)(=O)C1. The Bertz CT molecular complexity index is 957. The van der Waals surface area contributed by atoms with Crippen LogP contribution in [0.3, 0.4) is 0 Å². The van der Waals surface area contributed by atoms with Crippen LogP contribution in [0.1, 0.15) is 19.3 Å². The summed E-state index contributed by atoms with van der Waals surface area (Å²) in [7, 11) is -1.26. The number of aromatic nitrogens is 2. The van der Waals surface area contributed by atoms with Crippen molar-refractivity contribution < 1.29 is 13.2 Å². The predicted molar refractivity (Wildman–Crippen MR) is 104 cm³/mol. The summed E-state index contributed by atoms with van der Waals surface area (Å²) in [6.07, 6.45) is 3.84. The molecule has 4 rings (SSSR count). The molecule has 1 amide bonds. The molecule has 2 aliphatic rings.